The van der Waals surface area contributed by atoms with Crippen LogP contribution in [0, 0.1) is 11.8 Å². The molecule has 0 aromatic carbocycles. The maximum atomic E-state index is 13.0. The Labute approximate surface area is 128 Å². The Bertz CT molecular complexity index is 396. The van der Waals surface area contributed by atoms with Crippen molar-refractivity contribution in [3.8, 4) is 0 Å². The van der Waals surface area contributed by atoms with Crippen LogP contribution in [-0.4, -0.2) is 34.8 Å². The van der Waals surface area contributed by atoms with Crippen LogP contribution in [-0.2, 0) is 9.59 Å². The number of nitrogens with zero attached hydrogens (tertiary/aromatic N) is 1. The molecule has 0 bridgehead atoms. The highest BCUT2D eigenvalue weighted by molar-refractivity contribution is 5.97. The first kappa shape index (κ1) is 16.3. The molecule has 21 heavy (non-hydrogen) atoms. The van der Waals surface area contributed by atoms with Gasteiger partial charge in [0.05, 0.1) is 0 Å². The average molecular weight is 294 g/mol. The third-order valence-electron chi connectivity index (χ3n) is 5.36. The normalized spacial score (nSPS) is 35.5. The molecule has 5 unspecified atom stereocenters. The van der Waals surface area contributed by atoms with Gasteiger partial charge in [-0.05, 0) is 31.1 Å². The fourth-order valence-corrected chi connectivity index (χ4v) is 3.84. The third kappa shape index (κ3) is 3.24. The molecule has 2 aliphatic rings. The van der Waals surface area contributed by atoms with Crippen LogP contribution in [0.3, 0.4) is 0 Å². The minimum absolute atomic E-state index is 0.0422. The van der Waals surface area contributed by atoms with Crippen molar-refractivity contribution in [3.05, 3.63) is 0 Å². The van der Waals surface area contributed by atoms with Crippen molar-refractivity contribution in [3.63, 3.8) is 0 Å². The van der Waals surface area contributed by atoms with Crippen molar-refractivity contribution in [2.75, 3.05) is 0 Å². The molecule has 0 aromatic rings. The van der Waals surface area contributed by atoms with Gasteiger partial charge in [-0.2, -0.15) is 0 Å². The third-order valence-corrected chi connectivity index (χ3v) is 5.36. The molecule has 1 N–H and O–H groups in total. The lowest BCUT2D eigenvalue weighted by Crippen LogP contribution is -2.67. The molecule has 0 spiro atoms. The van der Waals surface area contributed by atoms with Crippen LogP contribution in [0.15, 0.2) is 0 Å². The highest BCUT2D eigenvalue weighted by Crippen LogP contribution is 2.31. The van der Waals surface area contributed by atoms with E-state index in [0.717, 1.165) is 19.3 Å². The number of amides is 2. The van der Waals surface area contributed by atoms with E-state index < -0.39 is 0 Å². The second kappa shape index (κ2) is 6.80. The number of rotatable bonds is 4. The van der Waals surface area contributed by atoms with E-state index in [-0.39, 0.29) is 35.9 Å². The van der Waals surface area contributed by atoms with Crippen molar-refractivity contribution in [2.45, 2.75) is 84.3 Å². The molecule has 120 valence electrons. The first-order valence-electron chi connectivity index (χ1n) is 8.62. The average Bonchev–Trinajstić information content (AvgIpc) is 2.47. The Balaban J connectivity index is 2.24. The predicted molar refractivity (Wildman–Crippen MR) is 83.7 cm³/mol. The standard InChI is InChI=1S/C17H30N2O2/c1-5-12(4)15-17(21)19(14(6-2)16(20)18-15)13-9-7-8-11(3)10-13/h11-15H,5-10H2,1-4H3,(H,18,20). The van der Waals surface area contributed by atoms with Crippen molar-refractivity contribution in [1.82, 2.24) is 10.2 Å². The summed E-state index contributed by atoms with van der Waals surface area (Å²) in [4.78, 5) is 27.3. The Hall–Kier alpha value is -1.06. The second-order valence-electron chi connectivity index (χ2n) is 6.97. The fraction of sp³-hybridized carbons (Fsp3) is 0.882. The van der Waals surface area contributed by atoms with E-state index >= 15 is 0 Å². The molecule has 1 heterocycles. The lowest BCUT2D eigenvalue weighted by Gasteiger charge is -2.46. The van der Waals surface area contributed by atoms with Gasteiger partial charge in [0, 0.05) is 6.04 Å². The van der Waals surface area contributed by atoms with Gasteiger partial charge in [-0.25, -0.2) is 0 Å². The molecule has 0 radical (unpaired) electrons. The van der Waals surface area contributed by atoms with Gasteiger partial charge in [-0.15, -0.1) is 0 Å². The lowest BCUT2D eigenvalue weighted by atomic mass is 9.83. The maximum absolute atomic E-state index is 13.0. The van der Waals surface area contributed by atoms with Gasteiger partial charge in [-0.1, -0.05) is 47.0 Å². The van der Waals surface area contributed by atoms with Crippen molar-refractivity contribution in [2.24, 2.45) is 11.8 Å². The molecule has 1 saturated heterocycles. The van der Waals surface area contributed by atoms with Crippen LogP contribution in [0.4, 0.5) is 0 Å². The summed E-state index contributed by atoms with van der Waals surface area (Å²) in [5.74, 6) is 1.04. The molecule has 2 fully saturated rings. The van der Waals surface area contributed by atoms with Crippen LogP contribution in [0.1, 0.15) is 66.2 Å². The largest absolute Gasteiger partial charge is 0.342 e. The first-order chi connectivity index (χ1) is 9.99. The van der Waals surface area contributed by atoms with Crippen molar-refractivity contribution < 1.29 is 9.59 Å². The van der Waals surface area contributed by atoms with Crippen molar-refractivity contribution >= 4 is 11.8 Å². The molecule has 4 nitrogen and oxygen atoms in total. The summed E-state index contributed by atoms with van der Waals surface area (Å²) >= 11 is 0. The summed E-state index contributed by atoms with van der Waals surface area (Å²) < 4.78 is 0. The molecule has 5 atom stereocenters. The zero-order valence-electron chi connectivity index (χ0n) is 13.9. The summed E-state index contributed by atoms with van der Waals surface area (Å²) in [6, 6.07) is -0.348. The number of hydrogen-bond donors (Lipinski definition) is 1. The Morgan fingerprint density at radius 2 is 2.00 bits per heavy atom. The molecular weight excluding hydrogens is 264 g/mol. The summed E-state index contributed by atoms with van der Waals surface area (Å²) in [5, 5.41) is 2.97. The maximum Gasteiger partial charge on any atom is 0.246 e. The van der Waals surface area contributed by atoms with Gasteiger partial charge >= 0.3 is 0 Å². The SMILES string of the molecule is CCC(C)C1NC(=O)C(CC)N(C2CCCC(C)C2)C1=O. The fourth-order valence-electron chi connectivity index (χ4n) is 3.84. The molecule has 2 rings (SSSR count). The minimum atomic E-state index is -0.331. The molecule has 4 heteroatoms. The van der Waals surface area contributed by atoms with Gasteiger partial charge in [-0.3, -0.25) is 9.59 Å². The van der Waals surface area contributed by atoms with E-state index in [2.05, 4.69) is 26.1 Å². The van der Waals surface area contributed by atoms with Crippen LogP contribution in [0.25, 0.3) is 0 Å². The van der Waals surface area contributed by atoms with E-state index in [1.165, 1.54) is 12.8 Å². The number of carbonyl (C=O) groups excluding carboxylic acids is 2. The van der Waals surface area contributed by atoms with Crippen LogP contribution >= 0.6 is 0 Å². The zero-order valence-corrected chi connectivity index (χ0v) is 13.9. The zero-order chi connectivity index (χ0) is 15.6. The topological polar surface area (TPSA) is 49.4 Å². The lowest BCUT2D eigenvalue weighted by molar-refractivity contribution is -0.155. The monoisotopic (exact) mass is 294 g/mol. The van der Waals surface area contributed by atoms with Crippen LogP contribution in [0.2, 0.25) is 0 Å². The van der Waals surface area contributed by atoms with Gasteiger partial charge in [0.1, 0.15) is 12.1 Å². The minimum Gasteiger partial charge on any atom is -0.342 e. The second-order valence-corrected chi connectivity index (χ2v) is 6.97. The van der Waals surface area contributed by atoms with E-state index in [1.54, 1.807) is 0 Å². The number of hydrogen-bond acceptors (Lipinski definition) is 2. The summed E-state index contributed by atoms with van der Waals surface area (Å²) in [5.41, 5.74) is 0. The van der Waals surface area contributed by atoms with E-state index in [0.29, 0.717) is 12.3 Å². The number of carbonyl (C=O) groups is 2. The van der Waals surface area contributed by atoms with Crippen molar-refractivity contribution in [1.29, 1.82) is 0 Å². The molecule has 1 aliphatic heterocycles. The quantitative estimate of drug-likeness (QED) is 0.866. The van der Waals surface area contributed by atoms with Gasteiger partial charge in [0.15, 0.2) is 0 Å². The molecule has 2 amide bonds. The summed E-state index contributed by atoms with van der Waals surface area (Å²) in [7, 11) is 0. The molecule has 1 saturated carbocycles. The summed E-state index contributed by atoms with van der Waals surface area (Å²) in [6.45, 7) is 8.38. The van der Waals surface area contributed by atoms with E-state index in [9.17, 15) is 9.59 Å². The van der Waals surface area contributed by atoms with E-state index in [4.69, 9.17) is 0 Å². The van der Waals surface area contributed by atoms with Gasteiger partial charge < -0.3 is 10.2 Å². The molecular formula is C17H30N2O2. The Morgan fingerprint density at radius 3 is 2.57 bits per heavy atom. The number of piperazine rings is 1. The predicted octanol–water partition coefficient (Wildman–Crippen LogP) is 2.72. The Kier molecular flexibility index (Phi) is 5.28. The highest BCUT2D eigenvalue weighted by atomic mass is 16.2. The highest BCUT2D eigenvalue weighted by Gasteiger charge is 2.44. The van der Waals surface area contributed by atoms with Gasteiger partial charge in [0.25, 0.3) is 0 Å². The molecule has 1 aliphatic carbocycles. The number of nitrogens with one attached hydrogen (secondary N) is 1. The smallest absolute Gasteiger partial charge is 0.246 e. The first-order valence-corrected chi connectivity index (χ1v) is 8.62. The van der Waals surface area contributed by atoms with Gasteiger partial charge in [0.2, 0.25) is 11.8 Å². The van der Waals surface area contributed by atoms with Crippen LogP contribution < -0.4 is 5.32 Å². The van der Waals surface area contributed by atoms with Crippen LogP contribution in [0.5, 0.6) is 0 Å². The van der Waals surface area contributed by atoms with E-state index in [1.807, 2.05) is 11.8 Å². The Morgan fingerprint density at radius 1 is 1.29 bits per heavy atom. The summed E-state index contributed by atoms with van der Waals surface area (Å²) in [6.07, 6.45) is 6.12. The molecule has 0 aromatic heterocycles.